The Morgan fingerprint density at radius 2 is 1.94 bits per heavy atom. The number of carbonyl (C=O) groups excluding carboxylic acids is 1. The average molecular weight is 469 g/mol. The molecule has 5 heterocycles. The summed E-state index contributed by atoms with van der Waals surface area (Å²) in [6.07, 6.45) is 2.45. The molecule has 1 amide bonds. The summed E-state index contributed by atoms with van der Waals surface area (Å²) in [6.45, 7) is 5.57. The monoisotopic (exact) mass is 469 g/mol. The lowest BCUT2D eigenvalue weighted by atomic mass is 10.1. The highest BCUT2D eigenvalue weighted by Crippen LogP contribution is 2.24. The molecule has 2 bridgehead atoms. The Bertz CT molecular complexity index is 1080. The topological polar surface area (TPSA) is 135 Å². The van der Waals surface area contributed by atoms with Crippen molar-refractivity contribution in [2.45, 2.75) is 25.9 Å². The molecule has 0 aliphatic carbocycles. The molecule has 11 heteroatoms. The molecule has 2 fully saturated rings. The maximum Gasteiger partial charge on any atom is 0.290 e. The average Bonchev–Trinajstić information content (AvgIpc) is 3.43. The molecule has 2 aliphatic heterocycles. The fourth-order valence-corrected chi connectivity index (χ4v) is 4.25. The van der Waals surface area contributed by atoms with Crippen molar-refractivity contribution in [3.05, 3.63) is 53.7 Å². The summed E-state index contributed by atoms with van der Waals surface area (Å²) >= 11 is 0. The third kappa shape index (κ3) is 5.49. The minimum atomic E-state index is -0.250. The fourth-order valence-electron chi connectivity index (χ4n) is 4.25. The van der Waals surface area contributed by atoms with Gasteiger partial charge in [0.25, 0.3) is 12.4 Å². The molecule has 2 aliphatic rings. The van der Waals surface area contributed by atoms with E-state index in [1.54, 1.807) is 12.3 Å². The largest absolute Gasteiger partial charge is 0.483 e. The summed E-state index contributed by atoms with van der Waals surface area (Å²) < 4.78 is 16.7. The molecule has 11 nitrogen and oxygen atoms in total. The van der Waals surface area contributed by atoms with E-state index in [-0.39, 0.29) is 24.3 Å². The van der Waals surface area contributed by atoms with Gasteiger partial charge in [-0.15, -0.1) is 0 Å². The molecule has 2 atom stereocenters. The summed E-state index contributed by atoms with van der Waals surface area (Å²) in [5, 5.41) is 15.0. The maximum atomic E-state index is 13.0. The van der Waals surface area contributed by atoms with Crippen LogP contribution in [0.2, 0.25) is 0 Å². The number of hydrogen-bond donors (Lipinski definition) is 1. The van der Waals surface area contributed by atoms with Gasteiger partial charge in [0.15, 0.2) is 11.5 Å². The van der Waals surface area contributed by atoms with E-state index in [0.29, 0.717) is 45.0 Å². The summed E-state index contributed by atoms with van der Waals surface area (Å²) in [6, 6.07) is 9.45. The predicted molar refractivity (Wildman–Crippen MR) is 119 cm³/mol. The third-order valence-corrected chi connectivity index (χ3v) is 5.84. The van der Waals surface area contributed by atoms with Gasteiger partial charge in [0, 0.05) is 50.3 Å². The van der Waals surface area contributed by atoms with Crippen LogP contribution >= 0.6 is 0 Å². The molecule has 5 rings (SSSR count). The number of amides is 1. The second kappa shape index (κ2) is 11.0. The lowest BCUT2D eigenvalue weighted by Gasteiger charge is -2.30. The molecule has 0 aromatic carbocycles. The maximum absolute atomic E-state index is 13.0. The zero-order valence-electron chi connectivity index (χ0n) is 18.9. The van der Waals surface area contributed by atoms with Crippen molar-refractivity contribution in [3.8, 4) is 11.4 Å². The van der Waals surface area contributed by atoms with Crippen molar-refractivity contribution >= 4 is 12.4 Å². The van der Waals surface area contributed by atoms with Crippen LogP contribution in [-0.2, 0) is 22.5 Å². The highest BCUT2D eigenvalue weighted by atomic mass is 16.5. The molecule has 34 heavy (non-hydrogen) atoms. The van der Waals surface area contributed by atoms with Crippen molar-refractivity contribution < 1.29 is 28.5 Å². The fraction of sp³-hybridized carbons (Fsp3) is 0.435. The van der Waals surface area contributed by atoms with Crippen LogP contribution in [0.1, 0.15) is 28.9 Å². The number of rotatable bonds is 5. The van der Waals surface area contributed by atoms with E-state index in [2.05, 4.69) is 20.2 Å². The minimum Gasteiger partial charge on any atom is -0.483 e. The van der Waals surface area contributed by atoms with Crippen LogP contribution in [0.3, 0.4) is 0 Å². The normalized spacial score (nSPS) is 20.2. The first kappa shape index (κ1) is 23.6. The Balaban J connectivity index is 0.000000868. The van der Waals surface area contributed by atoms with Gasteiger partial charge in [-0.2, -0.15) is 0 Å². The van der Waals surface area contributed by atoms with Crippen molar-refractivity contribution in [2.75, 3.05) is 32.8 Å². The van der Waals surface area contributed by atoms with Gasteiger partial charge in [-0.1, -0.05) is 23.3 Å². The van der Waals surface area contributed by atoms with E-state index >= 15 is 0 Å². The van der Waals surface area contributed by atoms with E-state index in [1.165, 1.54) is 0 Å². The second-order valence-corrected chi connectivity index (χ2v) is 8.23. The van der Waals surface area contributed by atoms with Crippen LogP contribution in [0.25, 0.3) is 11.4 Å². The third-order valence-electron chi connectivity index (χ3n) is 5.84. The Labute approximate surface area is 196 Å². The van der Waals surface area contributed by atoms with Gasteiger partial charge in [0.1, 0.15) is 11.5 Å². The van der Waals surface area contributed by atoms with Crippen LogP contribution < -0.4 is 0 Å². The predicted octanol–water partition coefficient (Wildman–Crippen LogP) is 1.96. The van der Waals surface area contributed by atoms with E-state index in [9.17, 15) is 4.79 Å². The highest BCUT2D eigenvalue weighted by Gasteiger charge is 2.36. The highest BCUT2D eigenvalue weighted by molar-refractivity contribution is 5.92. The number of fused-ring (bicyclic) bond motifs is 3. The first-order chi connectivity index (χ1) is 16.6. The van der Waals surface area contributed by atoms with Crippen LogP contribution in [0.5, 0.6) is 0 Å². The Morgan fingerprint density at radius 1 is 1.12 bits per heavy atom. The molecule has 0 radical (unpaired) electrons. The number of nitrogens with zero attached hydrogens (tertiary/aromatic N) is 5. The number of ether oxygens (including phenoxy) is 1. The first-order valence-corrected chi connectivity index (χ1v) is 11.1. The SMILES string of the molecule is CCc1cc(C(=O)N2C[C@@H]3COC[C@H](C2)N(Cc2cc(-c4ccccn4)no2)C3)no1.O=CO. The quantitative estimate of drug-likeness (QED) is 0.552. The van der Waals surface area contributed by atoms with Gasteiger partial charge in [-0.3, -0.25) is 19.5 Å². The molecule has 0 saturated carbocycles. The number of aryl methyl sites for hydroxylation is 1. The van der Waals surface area contributed by atoms with Crippen molar-refractivity contribution in [1.29, 1.82) is 0 Å². The van der Waals surface area contributed by atoms with Gasteiger partial charge in [-0.25, -0.2) is 0 Å². The zero-order valence-corrected chi connectivity index (χ0v) is 18.9. The molecule has 0 spiro atoms. The minimum absolute atomic E-state index is 0.0670. The number of carboxylic acid groups (broad SMARTS) is 1. The molecule has 1 N–H and O–H groups in total. The zero-order chi connectivity index (χ0) is 23.9. The first-order valence-electron chi connectivity index (χ1n) is 11.1. The molecule has 180 valence electrons. The number of aromatic nitrogens is 3. The summed E-state index contributed by atoms with van der Waals surface area (Å²) in [7, 11) is 0. The van der Waals surface area contributed by atoms with E-state index in [1.807, 2.05) is 36.1 Å². The van der Waals surface area contributed by atoms with E-state index < -0.39 is 0 Å². The Kier molecular flexibility index (Phi) is 7.65. The van der Waals surface area contributed by atoms with Crippen LogP contribution in [0.4, 0.5) is 0 Å². The van der Waals surface area contributed by atoms with Gasteiger partial charge < -0.3 is 23.8 Å². The molecule has 3 aromatic rings. The van der Waals surface area contributed by atoms with Gasteiger partial charge in [0.2, 0.25) is 0 Å². The molecule has 2 saturated heterocycles. The van der Waals surface area contributed by atoms with Gasteiger partial charge in [-0.05, 0) is 12.1 Å². The van der Waals surface area contributed by atoms with Crippen LogP contribution in [0, 0.1) is 5.92 Å². The molecule has 3 aromatic heterocycles. The number of pyridine rings is 1. The lowest BCUT2D eigenvalue weighted by molar-refractivity contribution is -0.122. The molecule has 0 unspecified atom stereocenters. The summed E-state index contributed by atoms with van der Waals surface area (Å²) in [4.78, 5) is 29.9. The van der Waals surface area contributed by atoms with Crippen LogP contribution in [0.15, 0.2) is 45.6 Å². The van der Waals surface area contributed by atoms with E-state index in [0.717, 1.165) is 29.5 Å². The van der Waals surface area contributed by atoms with Crippen LogP contribution in [-0.4, -0.2) is 81.5 Å². The second-order valence-electron chi connectivity index (χ2n) is 8.23. The molecular formula is C23H27N5O6. The van der Waals surface area contributed by atoms with E-state index in [4.69, 9.17) is 23.7 Å². The Morgan fingerprint density at radius 3 is 2.68 bits per heavy atom. The van der Waals surface area contributed by atoms with Gasteiger partial charge in [0.05, 0.1) is 31.5 Å². The molecular weight excluding hydrogens is 442 g/mol. The number of carbonyl (C=O) groups is 2. The van der Waals surface area contributed by atoms with Gasteiger partial charge >= 0.3 is 0 Å². The lowest BCUT2D eigenvalue weighted by Crippen LogP contribution is -2.45. The Hall–Kier alpha value is -3.57. The standard InChI is InChI=1S/C22H25N5O4.CH2O2/c1-2-17-7-21(25-30-17)22(28)27-10-15-9-26(16(11-27)14-29-13-15)12-18-8-20(24-31-18)19-5-3-4-6-23-19;2-1-3/h3-8,15-16H,2,9-14H2,1H3;1H,(H,2,3)/t15-,16+;/m1./s1. The summed E-state index contributed by atoms with van der Waals surface area (Å²) in [5.74, 6) is 1.62. The van der Waals surface area contributed by atoms with Crippen molar-refractivity contribution in [3.63, 3.8) is 0 Å². The van der Waals surface area contributed by atoms with Crippen molar-refractivity contribution in [2.24, 2.45) is 5.92 Å². The summed E-state index contributed by atoms with van der Waals surface area (Å²) in [5.41, 5.74) is 1.88. The van der Waals surface area contributed by atoms with Crippen molar-refractivity contribution in [1.82, 2.24) is 25.1 Å². The number of hydrogen-bond acceptors (Lipinski definition) is 9. The smallest absolute Gasteiger partial charge is 0.290 e.